The van der Waals surface area contributed by atoms with E-state index in [1.54, 1.807) is 6.92 Å². The van der Waals surface area contributed by atoms with Crippen LogP contribution in [-0.4, -0.2) is 41.5 Å². The predicted molar refractivity (Wildman–Crippen MR) is 73.7 cm³/mol. The molecule has 1 aromatic carbocycles. The number of rotatable bonds is 3. The van der Waals surface area contributed by atoms with E-state index in [9.17, 15) is 13.2 Å². The van der Waals surface area contributed by atoms with Gasteiger partial charge < -0.3 is 5.11 Å². The molecule has 2 rings (SSSR count). The van der Waals surface area contributed by atoms with Crippen molar-refractivity contribution in [1.82, 2.24) is 4.31 Å². The van der Waals surface area contributed by atoms with Crippen molar-refractivity contribution >= 4 is 27.8 Å². The summed E-state index contributed by atoms with van der Waals surface area (Å²) in [5.41, 5.74) is 0.803. The van der Waals surface area contributed by atoms with Gasteiger partial charge in [-0.15, -0.1) is 11.8 Å². The average molecular weight is 312 g/mol. The summed E-state index contributed by atoms with van der Waals surface area (Å²) in [5.74, 6) is -0.785. The van der Waals surface area contributed by atoms with Crippen LogP contribution in [0.4, 0.5) is 0 Å². The van der Waals surface area contributed by atoms with Gasteiger partial charge in [0.05, 0.1) is 22.4 Å². The van der Waals surface area contributed by atoms with E-state index < -0.39 is 22.0 Å². The Hall–Kier alpha value is -1.56. The predicted octanol–water partition coefficient (Wildman–Crippen LogP) is 1.01. The maximum absolute atomic E-state index is 12.5. The SMILES string of the molecule is Cc1cc(C#N)ccc1S(=O)(=O)N1CSCC1C(=O)O. The van der Waals surface area contributed by atoms with E-state index in [4.69, 9.17) is 10.4 Å². The number of benzene rings is 1. The molecule has 1 aliphatic rings. The molecule has 0 bridgehead atoms. The van der Waals surface area contributed by atoms with Crippen LogP contribution in [0, 0.1) is 18.3 Å². The second kappa shape index (κ2) is 5.44. The molecule has 6 nitrogen and oxygen atoms in total. The first-order valence-corrected chi connectivity index (χ1v) is 8.30. The van der Waals surface area contributed by atoms with Crippen LogP contribution in [0.25, 0.3) is 0 Å². The van der Waals surface area contributed by atoms with Crippen molar-refractivity contribution in [1.29, 1.82) is 5.26 Å². The number of aryl methyl sites for hydroxylation is 1. The number of carboxylic acid groups (broad SMARTS) is 1. The molecule has 1 unspecified atom stereocenters. The number of hydrogen-bond donors (Lipinski definition) is 1. The van der Waals surface area contributed by atoms with E-state index in [1.807, 2.05) is 6.07 Å². The fourth-order valence-corrected chi connectivity index (χ4v) is 5.34. The smallest absolute Gasteiger partial charge is 0.322 e. The van der Waals surface area contributed by atoms with E-state index in [0.29, 0.717) is 11.1 Å². The quantitative estimate of drug-likeness (QED) is 0.894. The van der Waals surface area contributed by atoms with Crippen molar-refractivity contribution in [2.75, 3.05) is 11.6 Å². The summed E-state index contributed by atoms with van der Waals surface area (Å²) in [6.07, 6.45) is 0. The average Bonchev–Trinajstić information content (AvgIpc) is 2.88. The Labute approximate surface area is 121 Å². The lowest BCUT2D eigenvalue weighted by atomic mass is 10.2. The molecule has 0 amide bonds. The summed E-state index contributed by atoms with van der Waals surface area (Å²) in [7, 11) is -3.87. The molecule has 0 spiro atoms. The van der Waals surface area contributed by atoms with Crippen molar-refractivity contribution in [3.8, 4) is 6.07 Å². The van der Waals surface area contributed by atoms with Gasteiger partial charge in [-0.3, -0.25) is 4.79 Å². The molecule has 0 aromatic heterocycles. The van der Waals surface area contributed by atoms with Crippen LogP contribution in [0.2, 0.25) is 0 Å². The zero-order valence-electron chi connectivity index (χ0n) is 10.6. The first kappa shape index (κ1) is 14.8. The number of carboxylic acids is 1. The van der Waals surface area contributed by atoms with E-state index in [2.05, 4.69) is 0 Å². The van der Waals surface area contributed by atoms with Crippen molar-refractivity contribution in [2.24, 2.45) is 0 Å². The van der Waals surface area contributed by atoms with Crippen molar-refractivity contribution in [2.45, 2.75) is 17.9 Å². The normalized spacial score (nSPS) is 19.7. The number of nitriles is 1. The standard InChI is InChI=1S/C12H12N2O4S2/c1-8-4-9(5-13)2-3-11(8)20(17,18)14-7-19-6-10(14)12(15)16/h2-4,10H,6-7H2,1H3,(H,15,16). The van der Waals surface area contributed by atoms with Gasteiger partial charge in [0, 0.05) is 5.75 Å². The molecule has 1 fully saturated rings. The van der Waals surface area contributed by atoms with Gasteiger partial charge in [0.25, 0.3) is 0 Å². The molecule has 0 radical (unpaired) electrons. The third-order valence-corrected chi connectivity index (χ3v) is 6.21. The molecule has 106 valence electrons. The molecule has 1 aliphatic heterocycles. The van der Waals surface area contributed by atoms with Gasteiger partial charge in [0.2, 0.25) is 10.0 Å². The summed E-state index contributed by atoms with van der Waals surface area (Å²) in [5, 5.41) is 17.9. The van der Waals surface area contributed by atoms with Crippen LogP contribution in [0.5, 0.6) is 0 Å². The minimum Gasteiger partial charge on any atom is -0.480 e. The third kappa shape index (κ3) is 2.52. The van der Waals surface area contributed by atoms with Crippen LogP contribution in [-0.2, 0) is 14.8 Å². The van der Waals surface area contributed by atoms with Crippen LogP contribution >= 0.6 is 11.8 Å². The van der Waals surface area contributed by atoms with Gasteiger partial charge in [-0.2, -0.15) is 9.57 Å². The lowest BCUT2D eigenvalue weighted by Gasteiger charge is -2.21. The third-order valence-electron chi connectivity index (χ3n) is 3.02. The molecule has 1 atom stereocenters. The van der Waals surface area contributed by atoms with Crippen LogP contribution in [0.15, 0.2) is 23.1 Å². The lowest BCUT2D eigenvalue weighted by Crippen LogP contribution is -2.41. The molecule has 1 N–H and O–H groups in total. The van der Waals surface area contributed by atoms with Crippen LogP contribution < -0.4 is 0 Å². The first-order valence-electron chi connectivity index (χ1n) is 5.71. The Morgan fingerprint density at radius 3 is 2.80 bits per heavy atom. The molecule has 20 heavy (non-hydrogen) atoms. The maximum Gasteiger partial charge on any atom is 0.322 e. The lowest BCUT2D eigenvalue weighted by molar-refractivity contribution is -0.140. The van der Waals surface area contributed by atoms with Crippen LogP contribution in [0.1, 0.15) is 11.1 Å². The highest BCUT2D eigenvalue weighted by molar-refractivity contribution is 8.00. The monoisotopic (exact) mass is 312 g/mol. The Bertz CT molecular complexity index is 694. The number of thioether (sulfide) groups is 1. The van der Waals surface area contributed by atoms with Gasteiger partial charge in [-0.1, -0.05) is 0 Å². The fourth-order valence-electron chi connectivity index (χ4n) is 1.99. The number of sulfonamides is 1. The first-order chi connectivity index (χ1) is 9.37. The molecule has 1 heterocycles. The fraction of sp³-hybridized carbons (Fsp3) is 0.333. The van der Waals surface area contributed by atoms with Gasteiger partial charge >= 0.3 is 5.97 Å². The zero-order chi connectivity index (χ0) is 14.9. The van der Waals surface area contributed by atoms with Gasteiger partial charge in [-0.25, -0.2) is 8.42 Å². The van der Waals surface area contributed by atoms with Crippen molar-refractivity contribution in [3.05, 3.63) is 29.3 Å². The molecule has 0 saturated carbocycles. The molecule has 1 aromatic rings. The number of hydrogen-bond acceptors (Lipinski definition) is 5. The topological polar surface area (TPSA) is 98.5 Å². The Kier molecular flexibility index (Phi) is 4.04. The summed E-state index contributed by atoms with van der Waals surface area (Å²) in [6, 6.07) is 5.14. The highest BCUT2D eigenvalue weighted by Gasteiger charge is 2.40. The molecular weight excluding hydrogens is 300 g/mol. The summed E-state index contributed by atoms with van der Waals surface area (Å²) in [4.78, 5) is 11.2. The van der Waals surface area contributed by atoms with Gasteiger partial charge in [0.1, 0.15) is 6.04 Å². The minimum absolute atomic E-state index is 0.0465. The van der Waals surface area contributed by atoms with Crippen molar-refractivity contribution in [3.63, 3.8) is 0 Å². The summed E-state index contributed by atoms with van der Waals surface area (Å²) in [6.45, 7) is 1.59. The Balaban J connectivity index is 2.46. The minimum atomic E-state index is -3.87. The van der Waals surface area contributed by atoms with Crippen LogP contribution in [0.3, 0.4) is 0 Å². The van der Waals surface area contributed by atoms with Gasteiger partial charge in [-0.05, 0) is 30.7 Å². The Morgan fingerprint density at radius 1 is 1.55 bits per heavy atom. The molecular formula is C12H12N2O4S2. The van der Waals surface area contributed by atoms with Crippen molar-refractivity contribution < 1.29 is 18.3 Å². The molecule has 8 heteroatoms. The number of carbonyl (C=O) groups is 1. The van der Waals surface area contributed by atoms with E-state index in [1.165, 1.54) is 30.0 Å². The Morgan fingerprint density at radius 2 is 2.25 bits per heavy atom. The van der Waals surface area contributed by atoms with E-state index in [-0.39, 0.29) is 16.5 Å². The van der Waals surface area contributed by atoms with E-state index in [0.717, 1.165) is 4.31 Å². The zero-order valence-corrected chi connectivity index (χ0v) is 12.2. The summed E-state index contributed by atoms with van der Waals surface area (Å²) >= 11 is 1.27. The highest BCUT2D eigenvalue weighted by atomic mass is 32.2. The number of nitrogens with zero attached hydrogens (tertiary/aromatic N) is 2. The second-order valence-electron chi connectivity index (χ2n) is 4.34. The summed E-state index contributed by atoms with van der Waals surface area (Å²) < 4.78 is 26.1. The number of aliphatic carboxylic acids is 1. The maximum atomic E-state index is 12.5. The van der Waals surface area contributed by atoms with E-state index >= 15 is 0 Å². The molecule has 0 aliphatic carbocycles. The molecule has 1 saturated heterocycles. The highest BCUT2D eigenvalue weighted by Crippen LogP contribution is 2.30. The second-order valence-corrected chi connectivity index (χ2v) is 7.20. The van der Waals surface area contributed by atoms with Gasteiger partial charge in [0.15, 0.2) is 0 Å². The largest absolute Gasteiger partial charge is 0.480 e.